The van der Waals surface area contributed by atoms with E-state index in [4.69, 9.17) is 40.7 Å². The number of benzene rings is 6. The fraction of sp³-hybridized carbons (Fsp3) is 0.300. The highest BCUT2D eigenvalue weighted by Crippen LogP contribution is 2.78. The van der Waals surface area contributed by atoms with E-state index in [0.29, 0.717) is 34.1 Å². The van der Waals surface area contributed by atoms with Gasteiger partial charge in [0.1, 0.15) is 34.5 Å². The highest BCUT2D eigenvalue weighted by atomic mass is 31.3. The highest BCUT2D eigenvalue weighted by Gasteiger charge is 2.49. The molecule has 444 valence electrons. The molecule has 21 nitrogen and oxygen atoms in total. The molecule has 0 fully saturated rings. The molecular formula is C60H72N9O12P3. The molecule has 6 N–H and O–H groups in total. The van der Waals surface area contributed by atoms with Gasteiger partial charge in [0.05, 0.1) is 0 Å². The van der Waals surface area contributed by atoms with Gasteiger partial charge in [-0.15, -0.1) is 0 Å². The van der Waals surface area contributed by atoms with Gasteiger partial charge in [-0.1, -0.05) is 103 Å². The Labute approximate surface area is 490 Å². The lowest BCUT2D eigenvalue weighted by molar-refractivity contribution is -0.119. The molecule has 24 heteroatoms. The Hall–Kier alpha value is -8.37. The second-order valence-electron chi connectivity index (χ2n) is 21.3. The first-order valence-electron chi connectivity index (χ1n) is 27.3. The third-order valence-electron chi connectivity index (χ3n) is 11.9. The molecular weight excluding hydrogens is 1130 g/mol. The van der Waals surface area contributed by atoms with Crippen LogP contribution < -0.4 is 59.0 Å². The minimum absolute atomic E-state index is 0.0993. The van der Waals surface area contributed by atoms with Crippen LogP contribution in [0.1, 0.15) is 83.1 Å². The predicted octanol–water partition coefficient (Wildman–Crippen LogP) is 15.9. The molecule has 0 saturated heterocycles. The van der Waals surface area contributed by atoms with Crippen molar-refractivity contribution in [3.05, 3.63) is 146 Å². The van der Waals surface area contributed by atoms with Crippen molar-refractivity contribution in [2.75, 3.05) is 31.9 Å². The third kappa shape index (κ3) is 17.8. The maximum Gasteiger partial charge on any atom is 0.460 e. The van der Waals surface area contributed by atoms with E-state index in [1.807, 2.05) is 0 Å². The fourth-order valence-electron chi connectivity index (χ4n) is 6.93. The first kappa shape index (κ1) is 63.2. The topological polar surface area (TPSA) is 267 Å². The molecule has 1 aliphatic heterocycles. The van der Waals surface area contributed by atoms with Gasteiger partial charge in [-0.25, -0.2) is 0 Å². The van der Waals surface area contributed by atoms with E-state index in [9.17, 15) is 28.8 Å². The summed E-state index contributed by atoms with van der Waals surface area (Å²) in [5, 5.41) is 17.4. The summed E-state index contributed by atoms with van der Waals surface area (Å²) >= 11 is 0. The lowest BCUT2D eigenvalue weighted by Crippen LogP contribution is -2.17. The van der Waals surface area contributed by atoms with Crippen LogP contribution in [0.3, 0.4) is 0 Å². The Balaban J connectivity index is 1.56. The van der Waals surface area contributed by atoms with Crippen molar-refractivity contribution in [1.29, 1.82) is 0 Å². The second-order valence-corrected chi connectivity index (χ2v) is 27.5. The zero-order chi connectivity index (χ0) is 60.9. The summed E-state index contributed by atoms with van der Waals surface area (Å²) in [6.07, 6.45) is 0. The van der Waals surface area contributed by atoms with Crippen LogP contribution in [0, 0.1) is 35.5 Å². The van der Waals surface area contributed by atoms with Crippen LogP contribution in [-0.2, 0) is 28.8 Å². The Bertz CT molecular complexity index is 3240. The molecule has 7 rings (SSSR count). The summed E-state index contributed by atoms with van der Waals surface area (Å²) in [4.78, 5) is 77.5. The molecule has 1 unspecified atom stereocenters. The van der Waals surface area contributed by atoms with Crippen LogP contribution >= 0.6 is 23.0 Å². The Kier molecular flexibility index (Phi) is 20.9. The summed E-state index contributed by atoms with van der Waals surface area (Å²) in [6, 6.07) is 38.7. The third-order valence-corrected chi connectivity index (χ3v) is 20.0. The van der Waals surface area contributed by atoms with Crippen molar-refractivity contribution in [2.24, 2.45) is 49.1 Å². The van der Waals surface area contributed by atoms with Crippen molar-refractivity contribution in [2.45, 2.75) is 83.1 Å². The van der Waals surface area contributed by atoms with E-state index in [0.717, 1.165) is 0 Å². The molecule has 1 aliphatic rings. The summed E-state index contributed by atoms with van der Waals surface area (Å²) in [7, 11) is -13.7. The number of nitrogens with one attached hydrogen (secondary N) is 6. The minimum atomic E-state index is -4.59. The van der Waals surface area contributed by atoms with Crippen LogP contribution in [0.25, 0.3) is 0 Å². The number of rotatable bonds is 24. The summed E-state index contributed by atoms with van der Waals surface area (Å²) in [6.45, 7) is 21.2. The molecule has 0 saturated carbocycles. The van der Waals surface area contributed by atoms with Gasteiger partial charge in [-0.05, 0) is 133 Å². The zero-order valence-corrected chi connectivity index (χ0v) is 51.6. The summed E-state index contributed by atoms with van der Waals surface area (Å²) in [5.74, 6) is -2.57. The van der Waals surface area contributed by atoms with E-state index in [2.05, 4.69) is 31.9 Å². The normalized spacial score (nSPS) is 14.9. The molecule has 6 amide bonds. The van der Waals surface area contributed by atoms with Crippen LogP contribution in [0.4, 0.5) is 34.1 Å². The molecule has 0 radical (unpaired) electrons. The molecule has 0 aromatic heterocycles. The number of carbonyl (C=O) groups is 6. The number of amides is 6. The summed E-state index contributed by atoms with van der Waals surface area (Å²) in [5.41, 5.74) is 2.66. The highest BCUT2D eigenvalue weighted by molar-refractivity contribution is 7.79. The van der Waals surface area contributed by atoms with Gasteiger partial charge in [0.25, 0.3) is 0 Å². The standard InChI is InChI=1S/C60H72N9O12P3/c1-37(2)55(70)61-43-16-26-49(27-17-43)76-82(77-50-28-18-44(19-29-50)62-56(71)38(3)4)67-83(78-51-30-20-45(21-31-51)63-57(72)39(5)6,79-52-32-22-46(23-33-52)64-58(73)40(7)8)69-84(68-82,80-53-34-24-47(25-35-53)65-59(74)41(9)10)81-54-15-13-14-48(36-54)66-60(75)42(11)12/h13-42H,1-12H3,(H,61,70)(H,62,71)(H,63,72)(H,64,73)(H,65,74)(H,66,75). The average molecular weight is 1200 g/mol. The maximum absolute atomic E-state index is 13.1. The van der Waals surface area contributed by atoms with E-state index in [1.54, 1.807) is 229 Å². The van der Waals surface area contributed by atoms with Crippen LogP contribution in [0.15, 0.2) is 159 Å². The van der Waals surface area contributed by atoms with Crippen LogP contribution in [0.5, 0.6) is 34.5 Å². The fourth-order valence-corrected chi connectivity index (χ4v) is 16.0. The maximum atomic E-state index is 13.1. The van der Waals surface area contributed by atoms with E-state index in [1.165, 1.54) is 0 Å². The average Bonchev–Trinajstić information content (AvgIpc) is 1.00. The van der Waals surface area contributed by atoms with Gasteiger partial charge < -0.3 is 59.0 Å². The van der Waals surface area contributed by atoms with Gasteiger partial charge in [-0.2, -0.15) is 0 Å². The first-order valence-corrected chi connectivity index (χ1v) is 31.9. The van der Waals surface area contributed by atoms with Crippen molar-refractivity contribution in [3.8, 4) is 34.5 Å². The molecule has 0 spiro atoms. The summed E-state index contributed by atoms with van der Waals surface area (Å²) < 4.78 is 58.3. The monoisotopic (exact) mass is 1200 g/mol. The van der Waals surface area contributed by atoms with Gasteiger partial charge in [-0.3, -0.25) is 28.8 Å². The van der Waals surface area contributed by atoms with Crippen LogP contribution in [-0.4, -0.2) is 35.4 Å². The van der Waals surface area contributed by atoms with Gasteiger partial charge >= 0.3 is 23.0 Å². The number of anilines is 6. The van der Waals surface area contributed by atoms with Crippen LogP contribution in [0.2, 0.25) is 0 Å². The quantitative estimate of drug-likeness (QED) is 0.0309. The van der Waals surface area contributed by atoms with Crippen molar-refractivity contribution >= 4 is 92.5 Å². The largest absolute Gasteiger partial charge is 0.460 e. The Morgan fingerprint density at radius 3 is 0.667 bits per heavy atom. The number of nitrogens with zero attached hydrogens (tertiary/aromatic N) is 3. The van der Waals surface area contributed by atoms with Gasteiger partial charge in [0.15, 0.2) is 0 Å². The van der Waals surface area contributed by atoms with Crippen molar-refractivity contribution < 1.29 is 55.9 Å². The molecule has 0 bridgehead atoms. The van der Waals surface area contributed by atoms with E-state index < -0.39 is 23.0 Å². The van der Waals surface area contributed by atoms with Gasteiger partial charge in [0, 0.05) is 75.7 Å². The number of hydrogen-bond donors (Lipinski definition) is 6. The molecule has 1 heterocycles. The molecule has 0 aliphatic carbocycles. The SMILES string of the molecule is CC(C)C(=O)Nc1ccc(OP2(Oc3ccc(NC(=O)C(C)C)cc3)=NP(Oc3ccc(NC(=O)C(C)C)cc3)(Oc3ccc(NC(=O)C(C)C)cc3)=NP(Oc3ccc(NC(=O)C(C)C)cc3)(Oc3cccc(NC(=O)C(C)C)c3)=N2)cc1. The van der Waals surface area contributed by atoms with Crippen molar-refractivity contribution in [3.63, 3.8) is 0 Å². The van der Waals surface area contributed by atoms with Crippen molar-refractivity contribution in [1.82, 2.24) is 0 Å². The minimum Gasteiger partial charge on any atom is -0.413 e. The smallest absolute Gasteiger partial charge is 0.413 e. The Morgan fingerprint density at radius 2 is 0.464 bits per heavy atom. The number of hydrogen-bond acceptors (Lipinski definition) is 15. The first-order chi connectivity index (χ1) is 39.8. The predicted molar refractivity (Wildman–Crippen MR) is 331 cm³/mol. The second kappa shape index (κ2) is 27.8. The Morgan fingerprint density at radius 1 is 0.274 bits per heavy atom. The molecule has 6 aromatic carbocycles. The molecule has 84 heavy (non-hydrogen) atoms. The lowest BCUT2D eigenvalue weighted by atomic mass is 10.2. The molecule has 1 atom stereocenters. The van der Waals surface area contributed by atoms with E-state index in [-0.39, 0.29) is 105 Å². The van der Waals surface area contributed by atoms with Gasteiger partial charge in [0.2, 0.25) is 35.4 Å². The number of carbonyl (C=O) groups excluding carboxylic acids is 6. The lowest BCUT2D eigenvalue weighted by Gasteiger charge is -2.33. The zero-order valence-electron chi connectivity index (χ0n) is 48.9. The molecule has 6 aromatic rings. The van der Waals surface area contributed by atoms with E-state index >= 15 is 0 Å².